The number of anilines is 3. The average molecular weight is 403 g/mol. The van der Waals surface area contributed by atoms with Crippen LogP contribution in [0.25, 0.3) is 11.3 Å². The van der Waals surface area contributed by atoms with Crippen molar-refractivity contribution in [2.75, 3.05) is 50.4 Å². The summed E-state index contributed by atoms with van der Waals surface area (Å²) in [7, 11) is 2.10. The van der Waals surface area contributed by atoms with Crippen LogP contribution < -0.4 is 10.6 Å². The second kappa shape index (κ2) is 9.43. The van der Waals surface area contributed by atoms with Crippen molar-refractivity contribution in [2.24, 2.45) is 0 Å². The molecular formula is C22H25N7O. The molecule has 1 aromatic carbocycles. The molecule has 0 atom stereocenters. The number of aromatic nitrogens is 3. The van der Waals surface area contributed by atoms with Crippen molar-refractivity contribution >= 4 is 23.2 Å². The number of hydrogen-bond donors (Lipinski definition) is 2. The third kappa shape index (κ3) is 5.37. The van der Waals surface area contributed by atoms with E-state index in [-0.39, 0.29) is 5.91 Å². The Morgan fingerprint density at radius 3 is 2.57 bits per heavy atom. The summed E-state index contributed by atoms with van der Waals surface area (Å²) >= 11 is 0. The molecule has 154 valence electrons. The van der Waals surface area contributed by atoms with E-state index in [1.165, 1.54) is 0 Å². The summed E-state index contributed by atoms with van der Waals surface area (Å²) in [5.74, 6) is 0.484. The molecule has 0 spiro atoms. The lowest BCUT2D eigenvalue weighted by Crippen LogP contribution is -2.47. The Morgan fingerprint density at radius 2 is 1.77 bits per heavy atom. The maximum absolute atomic E-state index is 12.4. The van der Waals surface area contributed by atoms with Gasteiger partial charge < -0.3 is 15.5 Å². The fourth-order valence-electron chi connectivity index (χ4n) is 3.32. The second-order valence-corrected chi connectivity index (χ2v) is 7.33. The highest BCUT2D eigenvalue weighted by molar-refractivity contribution is 5.92. The van der Waals surface area contributed by atoms with Crippen molar-refractivity contribution in [2.45, 2.75) is 0 Å². The number of nitrogens with zero attached hydrogens (tertiary/aromatic N) is 5. The molecule has 0 radical (unpaired) electrons. The molecule has 3 aromatic rings. The number of nitrogens with one attached hydrogen (secondary N) is 2. The minimum atomic E-state index is -0.00682. The van der Waals surface area contributed by atoms with Gasteiger partial charge in [0.05, 0.1) is 12.2 Å². The Kier molecular flexibility index (Phi) is 6.26. The molecule has 1 aliphatic rings. The average Bonchev–Trinajstić information content (AvgIpc) is 2.76. The molecule has 2 N–H and O–H groups in total. The number of rotatable bonds is 6. The Bertz CT molecular complexity index is 988. The minimum absolute atomic E-state index is 0.00682. The van der Waals surface area contributed by atoms with Gasteiger partial charge in [-0.1, -0.05) is 6.07 Å². The Morgan fingerprint density at radius 1 is 1.00 bits per heavy atom. The number of piperazine rings is 1. The lowest BCUT2D eigenvalue weighted by Gasteiger charge is -2.31. The zero-order valence-corrected chi connectivity index (χ0v) is 17.0. The van der Waals surface area contributed by atoms with Crippen LogP contribution in [0.5, 0.6) is 0 Å². The summed E-state index contributed by atoms with van der Waals surface area (Å²) in [6.45, 7) is 4.21. The Labute approximate surface area is 176 Å². The second-order valence-electron chi connectivity index (χ2n) is 7.33. The van der Waals surface area contributed by atoms with Gasteiger partial charge in [0.15, 0.2) is 0 Å². The molecule has 1 saturated heterocycles. The van der Waals surface area contributed by atoms with Crippen LogP contribution in [-0.4, -0.2) is 70.4 Å². The first-order chi connectivity index (χ1) is 14.7. The van der Waals surface area contributed by atoms with Gasteiger partial charge >= 0.3 is 0 Å². The maximum Gasteiger partial charge on any atom is 0.238 e. The van der Waals surface area contributed by atoms with Crippen molar-refractivity contribution in [1.82, 2.24) is 24.8 Å². The topological polar surface area (TPSA) is 86.3 Å². The highest BCUT2D eigenvalue weighted by atomic mass is 16.2. The van der Waals surface area contributed by atoms with E-state index >= 15 is 0 Å². The number of likely N-dealkylation sites (N-methyl/N-ethyl adjacent to an activating group) is 1. The fraction of sp³-hybridized carbons (Fsp3) is 0.273. The lowest BCUT2D eigenvalue weighted by atomic mass is 10.2. The third-order valence-electron chi connectivity index (χ3n) is 5.00. The normalized spacial score (nSPS) is 15.0. The fourth-order valence-corrected chi connectivity index (χ4v) is 3.32. The van der Waals surface area contributed by atoms with Gasteiger partial charge in [0.25, 0.3) is 0 Å². The summed E-state index contributed by atoms with van der Waals surface area (Å²) in [6.07, 6.45) is 5.18. The molecule has 2 aromatic heterocycles. The van der Waals surface area contributed by atoms with Gasteiger partial charge in [-0.15, -0.1) is 0 Å². The van der Waals surface area contributed by atoms with Gasteiger partial charge in [-0.05, 0) is 43.4 Å². The molecule has 30 heavy (non-hydrogen) atoms. The first-order valence-electron chi connectivity index (χ1n) is 9.97. The molecule has 4 rings (SSSR count). The van der Waals surface area contributed by atoms with Crippen LogP contribution in [-0.2, 0) is 4.79 Å². The van der Waals surface area contributed by atoms with E-state index in [4.69, 9.17) is 0 Å². The summed E-state index contributed by atoms with van der Waals surface area (Å²) in [6, 6.07) is 13.2. The third-order valence-corrected chi connectivity index (χ3v) is 5.00. The van der Waals surface area contributed by atoms with Gasteiger partial charge in [0, 0.05) is 61.7 Å². The van der Waals surface area contributed by atoms with Crippen molar-refractivity contribution in [1.29, 1.82) is 0 Å². The monoisotopic (exact) mass is 403 g/mol. The highest BCUT2D eigenvalue weighted by Gasteiger charge is 2.16. The van der Waals surface area contributed by atoms with Crippen LogP contribution in [0.2, 0.25) is 0 Å². The molecule has 0 saturated carbocycles. The van der Waals surface area contributed by atoms with Crippen LogP contribution in [0.15, 0.2) is 61.1 Å². The zero-order valence-electron chi connectivity index (χ0n) is 17.0. The highest BCUT2D eigenvalue weighted by Crippen LogP contribution is 2.21. The summed E-state index contributed by atoms with van der Waals surface area (Å²) in [5, 5.41) is 6.19. The quantitative estimate of drug-likeness (QED) is 0.654. The van der Waals surface area contributed by atoms with Gasteiger partial charge in [-0.25, -0.2) is 9.97 Å². The van der Waals surface area contributed by atoms with Crippen molar-refractivity contribution in [3.63, 3.8) is 0 Å². The van der Waals surface area contributed by atoms with Gasteiger partial charge in [0.2, 0.25) is 11.9 Å². The smallest absolute Gasteiger partial charge is 0.238 e. The molecule has 8 heteroatoms. The molecular weight excluding hydrogens is 378 g/mol. The first-order valence-corrected chi connectivity index (χ1v) is 9.97. The molecule has 1 aliphatic heterocycles. The van der Waals surface area contributed by atoms with Crippen molar-refractivity contribution < 1.29 is 4.79 Å². The molecule has 1 amide bonds. The van der Waals surface area contributed by atoms with Gasteiger partial charge in [-0.3, -0.25) is 14.7 Å². The van der Waals surface area contributed by atoms with E-state index in [9.17, 15) is 4.79 Å². The predicted octanol–water partition coefficient (Wildman–Crippen LogP) is 2.47. The Hall–Kier alpha value is -3.36. The number of benzene rings is 1. The number of carbonyl (C=O) groups is 1. The molecule has 0 unspecified atom stereocenters. The van der Waals surface area contributed by atoms with Gasteiger partial charge in [-0.2, -0.15) is 0 Å². The van der Waals surface area contributed by atoms with E-state index in [2.05, 4.69) is 42.4 Å². The largest absolute Gasteiger partial charge is 0.325 e. The van der Waals surface area contributed by atoms with Crippen LogP contribution in [0.1, 0.15) is 0 Å². The molecule has 0 bridgehead atoms. The molecule has 8 nitrogen and oxygen atoms in total. The van der Waals surface area contributed by atoms with E-state index in [0.29, 0.717) is 12.5 Å². The van der Waals surface area contributed by atoms with Crippen molar-refractivity contribution in [3.05, 3.63) is 61.1 Å². The van der Waals surface area contributed by atoms with Gasteiger partial charge in [0.1, 0.15) is 0 Å². The van der Waals surface area contributed by atoms with Crippen LogP contribution in [0.3, 0.4) is 0 Å². The van der Waals surface area contributed by atoms with Crippen molar-refractivity contribution in [3.8, 4) is 11.3 Å². The van der Waals surface area contributed by atoms with E-state index in [0.717, 1.165) is 48.8 Å². The Balaban J connectivity index is 1.38. The molecule has 0 aliphatic carbocycles. The summed E-state index contributed by atoms with van der Waals surface area (Å²) in [5.41, 5.74) is 3.33. The molecule has 1 fully saturated rings. The zero-order chi connectivity index (χ0) is 20.8. The van der Waals surface area contributed by atoms with E-state index in [1.54, 1.807) is 18.6 Å². The first kappa shape index (κ1) is 19.9. The SMILES string of the molecule is CN1CCN(CC(=O)Nc2cccc(Nc3nccc(-c4ccncc4)n3)c2)CC1. The van der Waals surface area contributed by atoms with E-state index in [1.807, 2.05) is 42.5 Å². The lowest BCUT2D eigenvalue weighted by molar-refractivity contribution is -0.117. The molecule has 3 heterocycles. The summed E-state index contributed by atoms with van der Waals surface area (Å²) in [4.78, 5) is 29.8. The predicted molar refractivity (Wildman–Crippen MR) is 118 cm³/mol. The number of amides is 1. The maximum atomic E-state index is 12.4. The summed E-state index contributed by atoms with van der Waals surface area (Å²) < 4.78 is 0. The standard InChI is InChI=1S/C22H25N7O/c1-28-11-13-29(14-12-28)16-21(30)25-18-3-2-4-19(15-18)26-22-24-10-7-20(27-22)17-5-8-23-9-6-17/h2-10,15H,11-14,16H2,1H3,(H,25,30)(H,24,26,27). The van der Waals surface area contributed by atoms with Crippen LogP contribution in [0.4, 0.5) is 17.3 Å². The number of pyridine rings is 1. The minimum Gasteiger partial charge on any atom is -0.325 e. The van der Waals surface area contributed by atoms with Crippen LogP contribution >= 0.6 is 0 Å². The number of carbonyl (C=O) groups excluding carboxylic acids is 1. The van der Waals surface area contributed by atoms with E-state index < -0.39 is 0 Å². The van der Waals surface area contributed by atoms with Crippen LogP contribution in [0, 0.1) is 0 Å². The number of hydrogen-bond acceptors (Lipinski definition) is 7.